The molecule has 4 amide bonds. The Labute approximate surface area is 454 Å². The monoisotopic (exact) mass is 1070 g/mol. The summed E-state index contributed by atoms with van der Waals surface area (Å²) >= 11 is 0. The van der Waals surface area contributed by atoms with E-state index in [0.29, 0.717) is 29.1 Å². The van der Waals surface area contributed by atoms with Gasteiger partial charge in [-0.1, -0.05) is 110 Å². The van der Waals surface area contributed by atoms with Gasteiger partial charge in [-0.2, -0.15) is 5.10 Å². The Kier molecular flexibility index (Phi) is 22.8. The summed E-state index contributed by atoms with van der Waals surface area (Å²) in [5, 5.41) is 14.8. The zero-order valence-electron chi connectivity index (χ0n) is 48.1. The average Bonchev–Trinajstić information content (AvgIpc) is 3.61. The SMILES string of the molecule is Cc1nn(Cc2ccc(C[C@H]3OC(=O)[C@H](CC(C)C)N(C)C(=O)[C@@H](C)OC(=O)[C@H](CC(C)C)N(C)C(=O)[C@@H](Cc4ccccc4)OC(=O)[C@H](CC(C)C)N(C)C(=O)[C@@H](C)OC(=O)[C@H](CC(C)C)N(C)C3=O)cc2)c(C)c1O. The maximum Gasteiger partial charge on any atom is 0.329 e. The van der Waals surface area contributed by atoms with Crippen LogP contribution >= 0.6 is 0 Å². The third kappa shape index (κ3) is 17.1. The van der Waals surface area contributed by atoms with Gasteiger partial charge in [0.1, 0.15) is 29.9 Å². The van der Waals surface area contributed by atoms with Crippen LogP contribution in [0.1, 0.15) is 123 Å². The van der Waals surface area contributed by atoms with Gasteiger partial charge in [0.05, 0.1) is 12.2 Å². The van der Waals surface area contributed by atoms with Gasteiger partial charge in [-0.15, -0.1) is 0 Å². The summed E-state index contributed by atoms with van der Waals surface area (Å²) in [6, 6.07) is 10.9. The van der Waals surface area contributed by atoms with Crippen molar-refractivity contribution in [1.82, 2.24) is 29.4 Å². The lowest BCUT2D eigenvalue weighted by atomic mass is 9.99. The number of nitrogens with zero attached hydrogens (tertiary/aromatic N) is 6. The van der Waals surface area contributed by atoms with E-state index >= 15 is 0 Å². The number of benzene rings is 2. The quantitative estimate of drug-likeness (QED) is 0.140. The Bertz CT molecular complexity index is 2510. The number of aryl methyl sites for hydroxylation is 1. The standard InChI is InChI=1S/C58H84N6O13/c1-33(2)26-44-55(70)74-40(12)52(67)61(14)47(29-36(7)8)58(73)77-49(31-42-22-24-43(25-23-42)32-64-38(10)50(65)37(9)59-64)54(69)63(16)45(27-34(3)4)56(71)75-39(11)51(66)60(13)46(28-35(5)6)57(72)76-48(53(68)62(44)15)30-41-20-18-17-19-21-41/h17-25,33-36,39-40,44-49,65H,26-32H2,1-16H3/t39-,40-,44+,45+,46+,47+,48-,49-/m1/s1. The molecule has 1 fully saturated rings. The second-order valence-corrected chi connectivity index (χ2v) is 22.3. The van der Waals surface area contributed by atoms with E-state index in [0.717, 1.165) is 25.2 Å². The number of carbonyl (C=O) groups is 8. The highest BCUT2D eigenvalue weighted by atomic mass is 16.6. The molecular formula is C58H84N6O13. The maximum absolute atomic E-state index is 15.0. The van der Waals surface area contributed by atoms with E-state index < -0.39 is 96.1 Å². The molecule has 4 rings (SSSR count). The molecule has 2 aromatic carbocycles. The maximum atomic E-state index is 15.0. The van der Waals surface area contributed by atoms with Crippen molar-refractivity contribution < 1.29 is 62.4 Å². The van der Waals surface area contributed by atoms with Crippen LogP contribution in [0, 0.1) is 37.5 Å². The lowest BCUT2D eigenvalue weighted by Crippen LogP contribution is -2.55. The topological polar surface area (TPSA) is 224 Å². The van der Waals surface area contributed by atoms with Crippen LogP contribution in [0.25, 0.3) is 0 Å². The number of cyclic esters (lactones) is 4. The summed E-state index contributed by atoms with van der Waals surface area (Å²) in [5.41, 5.74) is 3.11. The Morgan fingerprint density at radius 1 is 0.468 bits per heavy atom. The Morgan fingerprint density at radius 2 is 0.779 bits per heavy atom. The summed E-state index contributed by atoms with van der Waals surface area (Å²) < 4.78 is 25.7. The van der Waals surface area contributed by atoms with Gasteiger partial charge in [-0.25, -0.2) is 19.2 Å². The van der Waals surface area contributed by atoms with E-state index in [-0.39, 0.29) is 67.9 Å². The predicted octanol–water partition coefficient (Wildman–Crippen LogP) is 6.23. The fourth-order valence-electron chi connectivity index (χ4n) is 9.32. The lowest BCUT2D eigenvalue weighted by molar-refractivity contribution is -0.176. The molecule has 0 aliphatic carbocycles. The first-order valence-corrected chi connectivity index (χ1v) is 26.8. The fraction of sp³-hybridized carbons (Fsp3) is 0.603. The number of amides is 4. The van der Waals surface area contributed by atoms with Crippen LogP contribution in [0.4, 0.5) is 0 Å². The number of carbonyl (C=O) groups excluding carboxylic acids is 8. The number of hydrogen-bond donors (Lipinski definition) is 1. The van der Waals surface area contributed by atoms with Gasteiger partial charge in [0, 0.05) is 41.0 Å². The van der Waals surface area contributed by atoms with Gasteiger partial charge in [-0.05, 0) is 93.7 Å². The molecule has 0 bridgehead atoms. The summed E-state index contributed by atoms with van der Waals surface area (Å²) in [6.45, 7) is 21.3. The molecular weight excluding hydrogens is 989 g/mol. The third-order valence-electron chi connectivity index (χ3n) is 13.9. The van der Waals surface area contributed by atoms with Crippen LogP contribution in [0.2, 0.25) is 0 Å². The number of aromatic hydroxyl groups is 1. The van der Waals surface area contributed by atoms with Crippen LogP contribution in [0.3, 0.4) is 0 Å². The number of likely N-dealkylation sites (N-methyl/N-ethyl adjacent to an activating group) is 4. The highest BCUT2D eigenvalue weighted by Crippen LogP contribution is 2.26. The van der Waals surface area contributed by atoms with Crippen LogP contribution in [-0.4, -0.2) is 159 Å². The highest BCUT2D eigenvalue weighted by Gasteiger charge is 2.43. The van der Waals surface area contributed by atoms with Crippen molar-refractivity contribution in [2.75, 3.05) is 28.2 Å². The van der Waals surface area contributed by atoms with Gasteiger partial charge in [0.2, 0.25) is 0 Å². The van der Waals surface area contributed by atoms with Crippen LogP contribution in [0.5, 0.6) is 5.75 Å². The van der Waals surface area contributed by atoms with Crippen LogP contribution in [-0.2, 0) is 76.7 Å². The predicted molar refractivity (Wildman–Crippen MR) is 288 cm³/mol. The van der Waals surface area contributed by atoms with Crippen molar-refractivity contribution >= 4 is 47.5 Å². The second kappa shape index (κ2) is 28.0. The van der Waals surface area contributed by atoms with Crippen molar-refractivity contribution in [2.45, 2.75) is 177 Å². The average molecular weight is 1070 g/mol. The first-order chi connectivity index (χ1) is 36.0. The molecule has 424 valence electrons. The molecule has 19 nitrogen and oxygen atoms in total. The molecule has 77 heavy (non-hydrogen) atoms. The van der Waals surface area contributed by atoms with Crippen LogP contribution in [0.15, 0.2) is 54.6 Å². The third-order valence-corrected chi connectivity index (χ3v) is 13.9. The number of esters is 4. The van der Waals surface area contributed by atoms with Crippen molar-refractivity contribution in [3.05, 3.63) is 82.7 Å². The van der Waals surface area contributed by atoms with Gasteiger partial charge in [0.25, 0.3) is 23.6 Å². The second-order valence-electron chi connectivity index (χ2n) is 22.3. The van der Waals surface area contributed by atoms with Crippen molar-refractivity contribution in [3.8, 4) is 5.75 Å². The molecule has 0 saturated carbocycles. The van der Waals surface area contributed by atoms with E-state index in [1.165, 1.54) is 42.0 Å². The van der Waals surface area contributed by atoms with Crippen molar-refractivity contribution in [3.63, 3.8) is 0 Å². The molecule has 1 N–H and O–H groups in total. The summed E-state index contributed by atoms with van der Waals surface area (Å²) in [4.78, 5) is 121. The highest BCUT2D eigenvalue weighted by molar-refractivity contribution is 5.94. The number of ether oxygens (including phenoxy) is 4. The van der Waals surface area contributed by atoms with Crippen LogP contribution < -0.4 is 0 Å². The van der Waals surface area contributed by atoms with Crippen molar-refractivity contribution in [2.24, 2.45) is 23.7 Å². The van der Waals surface area contributed by atoms with E-state index in [4.69, 9.17) is 18.9 Å². The number of hydrogen-bond acceptors (Lipinski definition) is 14. The fourth-order valence-corrected chi connectivity index (χ4v) is 9.32. The minimum Gasteiger partial charge on any atom is -0.504 e. The molecule has 1 aliphatic heterocycles. The molecule has 1 aliphatic rings. The van der Waals surface area contributed by atoms with Crippen molar-refractivity contribution in [1.29, 1.82) is 0 Å². The molecule has 0 spiro atoms. The minimum atomic E-state index is -1.56. The minimum absolute atomic E-state index is 0.0739. The molecule has 1 aromatic heterocycles. The summed E-state index contributed by atoms with van der Waals surface area (Å²) in [5.74, 6) is -7.35. The van der Waals surface area contributed by atoms with E-state index in [1.807, 2.05) is 67.5 Å². The van der Waals surface area contributed by atoms with Gasteiger partial charge < -0.3 is 43.7 Å². The van der Waals surface area contributed by atoms with E-state index in [1.54, 1.807) is 61.0 Å². The lowest BCUT2D eigenvalue weighted by Gasteiger charge is -2.35. The van der Waals surface area contributed by atoms with Gasteiger partial charge in [0.15, 0.2) is 30.2 Å². The normalized spacial score (nSPS) is 23.7. The number of aromatic nitrogens is 2. The Hall–Kier alpha value is -6.79. The summed E-state index contributed by atoms with van der Waals surface area (Å²) in [6.07, 6.45) is -5.94. The van der Waals surface area contributed by atoms with E-state index in [2.05, 4.69) is 5.10 Å². The smallest absolute Gasteiger partial charge is 0.329 e. The molecule has 8 atom stereocenters. The summed E-state index contributed by atoms with van der Waals surface area (Å²) in [7, 11) is 5.53. The largest absolute Gasteiger partial charge is 0.504 e. The molecule has 1 saturated heterocycles. The molecule has 19 heteroatoms. The molecule has 2 heterocycles. The van der Waals surface area contributed by atoms with E-state index in [9.17, 15) is 43.5 Å². The Morgan fingerprint density at radius 3 is 1.10 bits per heavy atom. The van der Waals surface area contributed by atoms with Gasteiger partial charge in [-0.3, -0.25) is 23.9 Å². The zero-order chi connectivity index (χ0) is 57.7. The molecule has 0 unspecified atom stereocenters. The first-order valence-electron chi connectivity index (χ1n) is 26.8. The Balaban J connectivity index is 1.86. The molecule has 3 aromatic rings. The van der Waals surface area contributed by atoms with Gasteiger partial charge >= 0.3 is 23.9 Å². The molecule has 0 radical (unpaired) electrons. The number of rotatable bonds is 14. The zero-order valence-corrected chi connectivity index (χ0v) is 48.1. The first kappa shape index (κ1) is 62.7.